The maximum atomic E-state index is 11.2. The van der Waals surface area contributed by atoms with Gasteiger partial charge in [0.25, 0.3) is 0 Å². The van der Waals surface area contributed by atoms with E-state index in [1.54, 1.807) is 13.2 Å². The minimum Gasteiger partial charge on any atom is -0.496 e. The van der Waals surface area contributed by atoms with Gasteiger partial charge in [-0.3, -0.25) is 4.79 Å². The fraction of sp³-hybridized carbons (Fsp3) is 0.222. The number of carbonyl (C=O) groups excluding carboxylic acids is 1. The molecule has 0 spiro atoms. The van der Waals surface area contributed by atoms with E-state index < -0.39 is 0 Å². The average Bonchev–Trinajstić information content (AvgIpc) is 2.06. The number of hydrogen-bond acceptors (Lipinski definition) is 2. The van der Waals surface area contributed by atoms with Crippen molar-refractivity contribution in [3.63, 3.8) is 0 Å². The van der Waals surface area contributed by atoms with E-state index >= 15 is 0 Å². The van der Waals surface area contributed by atoms with Crippen LogP contribution >= 0.6 is 15.9 Å². The van der Waals surface area contributed by atoms with Gasteiger partial charge in [-0.2, -0.15) is 0 Å². The van der Waals surface area contributed by atoms with Gasteiger partial charge in [0.1, 0.15) is 5.75 Å². The number of Topliss-reactive ketones (excluding diaryl/α,β-unsaturated/α-hetero) is 1. The molecule has 0 amide bonds. The van der Waals surface area contributed by atoms with Gasteiger partial charge in [-0.15, -0.1) is 0 Å². The molecule has 1 aromatic rings. The van der Waals surface area contributed by atoms with Gasteiger partial charge in [-0.05, 0) is 17.7 Å². The van der Waals surface area contributed by atoms with E-state index in [-0.39, 0.29) is 5.78 Å². The molecule has 0 atom stereocenters. The van der Waals surface area contributed by atoms with Crippen LogP contribution < -0.4 is 4.74 Å². The number of benzene rings is 1. The van der Waals surface area contributed by atoms with Crippen LogP contribution in [0.25, 0.3) is 0 Å². The fourth-order valence-electron chi connectivity index (χ4n) is 1.39. The molecule has 2 nitrogen and oxygen atoms in total. The Morgan fingerprint density at radius 1 is 1.50 bits per heavy atom. The van der Waals surface area contributed by atoms with Crippen molar-refractivity contribution in [3.8, 4) is 5.75 Å². The SMILES string of the molecule is COc1ccc(Br)c2c1C(=O)C2. The second kappa shape index (κ2) is 2.59. The minimum absolute atomic E-state index is 0.170. The van der Waals surface area contributed by atoms with E-state index in [9.17, 15) is 4.79 Å². The molecule has 0 saturated heterocycles. The van der Waals surface area contributed by atoms with Gasteiger partial charge in [0.2, 0.25) is 0 Å². The Morgan fingerprint density at radius 2 is 2.25 bits per heavy atom. The predicted molar refractivity (Wildman–Crippen MR) is 48.7 cm³/mol. The zero-order valence-electron chi connectivity index (χ0n) is 6.56. The first-order chi connectivity index (χ1) is 5.74. The number of fused-ring (bicyclic) bond motifs is 1. The molecule has 0 unspecified atom stereocenters. The summed E-state index contributed by atoms with van der Waals surface area (Å²) in [6, 6.07) is 3.71. The number of ether oxygens (including phenoxy) is 1. The van der Waals surface area contributed by atoms with Gasteiger partial charge in [0, 0.05) is 10.9 Å². The molecule has 2 rings (SSSR count). The van der Waals surface area contributed by atoms with Crippen LogP contribution in [0.2, 0.25) is 0 Å². The highest BCUT2D eigenvalue weighted by Gasteiger charge is 2.29. The summed E-state index contributed by atoms with van der Waals surface area (Å²) in [5.74, 6) is 0.854. The highest BCUT2D eigenvalue weighted by Crippen LogP contribution is 2.36. The van der Waals surface area contributed by atoms with Crippen LogP contribution in [0.3, 0.4) is 0 Å². The van der Waals surface area contributed by atoms with Gasteiger partial charge in [0.15, 0.2) is 5.78 Å². The van der Waals surface area contributed by atoms with Gasteiger partial charge >= 0.3 is 0 Å². The molecule has 0 bridgehead atoms. The molecule has 0 N–H and O–H groups in total. The Hall–Kier alpha value is -0.830. The summed E-state index contributed by atoms with van der Waals surface area (Å²) < 4.78 is 6.06. The molecule has 0 fully saturated rings. The number of methoxy groups -OCH3 is 1. The Morgan fingerprint density at radius 3 is 2.83 bits per heavy atom. The highest BCUT2D eigenvalue weighted by atomic mass is 79.9. The van der Waals surface area contributed by atoms with Gasteiger partial charge in [-0.25, -0.2) is 0 Å². The summed E-state index contributed by atoms with van der Waals surface area (Å²) in [4.78, 5) is 11.2. The molecule has 0 aliphatic heterocycles. The first-order valence-electron chi connectivity index (χ1n) is 3.62. The lowest BCUT2D eigenvalue weighted by atomic mass is 9.86. The molecule has 1 aliphatic rings. The summed E-state index contributed by atoms with van der Waals surface area (Å²) in [5.41, 5.74) is 1.81. The van der Waals surface area contributed by atoms with Crippen molar-refractivity contribution >= 4 is 21.7 Å². The second-order valence-electron chi connectivity index (χ2n) is 2.70. The Labute approximate surface area is 78.7 Å². The van der Waals surface area contributed by atoms with Crippen LogP contribution in [0.15, 0.2) is 16.6 Å². The van der Waals surface area contributed by atoms with Gasteiger partial charge in [0.05, 0.1) is 12.7 Å². The van der Waals surface area contributed by atoms with Crippen molar-refractivity contribution in [2.75, 3.05) is 7.11 Å². The monoisotopic (exact) mass is 226 g/mol. The van der Waals surface area contributed by atoms with E-state index in [2.05, 4.69) is 15.9 Å². The molecule has 0 heterocycles. The summed E-state index contributed by atoms with van der Waals surface area (Å²) in [7, 11) is 1.58. The molecule has 0 saturated carbocycles. The molecular formula is C9H7BrO2. The molecule has 12 heavy (non-hydrogen) atoms. The van der Waals surface area contributed by atoms with Crippen LogP contribution in [0.5, 0.6) is 5.75 Å². The molecule has 0 radical (unpaired) electrons. The summed E-state index contributed by atoms with van der Waals surface area (Å²) in [6.45, 7) is 0. The van der Waals surface area contributed by atoms with Crippen molar-refractivity contribution in [2.45, 2.75) is 6.42 Å². The topological polar surface area (TPSA) is 26.3 Å². The third-order valence-corrected chi connectivity index (χ3v) is 2.80. The first kappa shape index (κ1) is 7.80. The minimum atomic E-state index is 0.170. The second-order valence-corrected chi connectivity index (χ2v) is 3.56. The maximum absolute atomic E-state index is 11.2. The van der Waals surface area contributed by atoms with E-state index in [0.29, 0.717) is 12.2 Å². The van der Waals surface area contributed by atoms with Crippen LogP contribution in [0.4, 0.5) is 0 Å². The lowest BCUT2D eigenvalue weighted by molar-refractivity contribution is 0.0963. The van der Waals surface area contributed by atoms with Crippen LogP contribution in [-0.4, -0.2) is 12.9 Å². The third-order valence-electron chi connectivity index (χ3n) is 2.05. The van der Waals surface area contributed by atoms with E-state index in [4.69, 9.17) is 4.74 Å². The van der Waals surface area contributed by atoms with Gasteiger partial charge < -0.3 is 4.74 Å². The third kappa shape index (κ3) is 0.894. The highest BCUT2D eigenvalue weighted by molar-refractivity contribution is 9.10. The Balaban J connectivity index is 2.63. The van der Waals surface area contributed by atoms with Crippen molar-refractivity contribution in [1.29, 1.82) is 0 Å². The van der Waals surface area contributed by atoms with E-state index in [0.717, 1.165) is 15.6 Å². The first-order valence-corrected chi connectivity index (χ1v) is 4.42. The average molecular weight is 227 g/mol. The predicted octanol–water partition coefficient (Wildman–Crippen LogP) is 2.20. The lowest BCUT2D eigenvalue weighted by Gasteiger charge is -2.21. The number of hydrogen-bond donors (Lipinski definition) is 0. The lowest BCUT2D eigenvalue weighted by Crippen LogP contribution is -2.20. The standard InChI is InChI=1S/C9H7BrO2/c1-12-8-3-2-6(10)5-4-7(11)9(5)8/h2-3H,4H2,1H3. The summed E-state index contributed by atoms with van der Waals surface area (Å²) >= 11 is 3.38. The number of rotatable bonds is 1. The number of ketones is 1. The fourth-order valence-corrected chi connectivity index (χ4v) is 1.86. The number of halogens is 1. The molecule has 0 aromatic heterocycles. The molecule has 62 valence electrons. The largest absolute Gasteiger partial charge is 0.496 e. The Kier molecular flexibility index (Phi) is 1.68. The zero-order valence-corrected chi connectivity index (χ0v) is 8.14. The molecule has 1 aliphatic carbocycles. The summed E-state index contributed by atoms with van der Waals surface area (Å²) in [5, 5.41) is 0. The molecule has 1 aromatic carbocycles. The van der Waals surface area contributed by atoms with Crippen molar-refractivity contribution in [1.82, 2.24) is 0 Å². The van der Waals surface area contributed by atoms with Crippen molar-refractivity contribution in [2.24, 2.45) is 0 Å². The maximum Gasteiger partial charge on any atom is 0.171 e. The number of carbonyl (C=O) groups is 1. The van der Waals surface area contributed by atoms with Crippen LogP contribution in [-0.2, 0) is 6.42 Å². The zero-order chi connectivity index (χ0) is 8.72. The van der Waals surface area contributed by atoms with E-state index in [1.165, 1.54) is 0 Å². The van der Waals surface area contributed by atoms with Crippen LogP contribution in [0.1, 0.15) is 15.9 Å². The van der Waals surface area contributed by atoms with Crippen molar-refractivity contribution in [3.05, 3.63) is 27.7 Å². The van der Waals surface area contributed by atoms with E-state index in [1.807, 2.05) is 6.07 Å². The molecule has 3 heteroatoms. The van der Waals surface area contributed by atoms with Gasteiger partial charge in [-0.1, -0.05) is 15.9 Å². The Bertz CT molecular complexity index is 358. The smallest absolute Gasteiger partial charge is 0.171 e. The molecular weight excluding hydrogens is 220 g/mol. The van der Waals surface area contributed by atoms with Crippen molar-refractivity contribution < 1.29 is 9.53 Å². The normalized spacial score (nSPS) is 13.7. The quantitative estimate of drug-likeness (QED) is 0.735. The summed E-state index contributed by atoms with van der Waals surface area (Å²) in [6.07, 6.45) is 0.535. The van der Waals surface area contributed by atoms with Crippen LogP contribution in [0, 0.1) is 0 Å².